The summed E-state index contributed by atoms with van der Waals surface area (Å²) in [5.74, 6) is 0.934. The Balaban J connectivity index is 2.06. The van der Waals surface area contributed by atoms with Gasteiger partial charge >= 0.3 is 0 Å². The summed E-state index contributed by atoms with van der Waals surface area (Å²) in [7, 11) is 4.19. The summed E-state index contributed by atoms with van der Waals surface area (Å²) in [6.45, 7) is 3.87. The van der Waals surface area contributed by atoms with E-state index in [0.29, 0.717) is 0 Å². The number of ether oxygens (including phenoxy) is 1. The van der Waals surface area contributed by atoms with Gasteiger partial charge in [-0.3, -0.25) is 0 Å². The van der Waals surface area contributed by atoms with Crippen LogP contribution in [0.4, 0.5) is 5.69 Å². The lowest BCUT2D eigenvalue weighted by Gasteiger charge is -2.32. The Hall–Kier alpha value is -1.26. The van der Waals surface area contributed by atoms with Gasteiger partial charge in [0.25, 0.3) is 0 Å². The van der Waals surface area contributed by atoms with Crippen molar-refractivity contribution < 1.29 is 9.84 Å². The van der Waals surface area contributed by atoms with Gasteiger partial charge in [0.1, 0.15) is 12.4 Å². The van der Waals surface area contributed by atoms with Crippen molar-refractivity contribution in [1.82, 2.24) is 4.90 Å². The largest absolute Gasteiger partial charge is 0.490 e. The zero-order valence-corrected chi connectivity index (χ0v) is 11.2. The molecule has 0 amide bonds. The van der Waals surface area contributed by atoms with Gasteiger partial charge in [-0.15, -0.1) is 0 Å². The van der Waals surface area contributed by atoms with Gasteiger partial charge in [0.15, 0.2) is 0 Å². The van der Waals surface area contributed by atoms with E-state index in [1.807, 2.05) is 18.2 Å². The van der Waals surface area contributed by atoms with E-state index < -0.39 is 0 Å². The van der Waals surface area contributed by atoms with Crippen LogP contribution in [-0.4, -0.2) is 50.3 Å². The van der Waals surface area contributed by atoms with Crippen molar-refractivity contribution in [3.8, 4) is 5.75 Å². The number of rotatable bonds is 5. The highest BCUT2D eigenvalue weighted by atomic mass is 16.5. The molecule has 1 N–H and O–H groups in total. The second-order valence-corrected chi connectivity index (χ2v) is 4.95. The molecule has 0 unspecified atom stereocenters. The molecular weight excluding hydrogens is 228 g/mol. The number of aliphatic hydroxyl groups is 1. The molecule has 0 aromatic heterocycles. The molecule has 0 saturated carbocycles. The quantitative estimate of drug-likeness (QED) is 0.855. The van der Waals surface area contributed by atoms with Crippen LogP contribution in [0.3, 0.4) is 0 Å². The fourth-order valence-corrected chi connectivity index (χ4v) is 2.23. The zero-order valence-electron chi connectivity index (χ0n) is 11.2. The van der Waals surface area contributed by atoms with Crippen LogP contribution in [0.2, 0.25) is 0 Å². The maximum Gasteiger partial charge on any atom is 0.142 e. The maximum absolute atomic E-state index is 9.21. The van der Waals surface area contributed by atoms with Gasteiger partial charge in [-0.25, -0.2) is 0 Å². The summed E-state index contributed by atoms with van der Waals surface area (Å²) in [6, 6.07) is 5.91. The molecule has 100 valence electrons. The molecule has 0 saturated heterocycles. The van der Waals surface area contributed by atoms with Crippen molar-refractivity contribution in [2.45, 2.75) is 13.0 Å². The van der Waals surface area contributed by atoms with Gasteiger partial charge in [0, 0.05) is 6.54 Å². The third-order valence-corrected chi connectivity index (χ3v) is 3.20. The fraction of sp³-hybridized carbons (Fsp3) is 0.571. The van der Waals surface area contributed by atoms with Crippen LogP contribution < -0.4 is 9.64 Å². The summed E-state index contributed by atoms with van der Waals surface area (Å²) in [5.41, 5.74) is 2.06. The van der Waals surface area contributed by atoms with E-state index in [2.05, 4.69) is 23.9 Å². The molecular formula is C14H22N2O2. The van der Waals surface area contributed by atoms with E-state index in [4.69, 9.17) is 4.74 Å². The first-order chi connectivity index (χ1) is 8.70. The Bertz CT molecular complexity index is 393. The second kappa shape index (κ2) is 6.07. The molecule has 1 heterocycles. The average Bonchev–Trinajstić information content (AvgIpc) is 2.38. The van der Waals surface area contributed by atoms with Crippen molar-refractivity contribution in [2.24, 2.45) is 0 Å². The van der Waals surface area contributed by atoms with Crippen molar-refractivity contribution in [2.75, 3.05) is 45.2 Å². The third-order valence-electron chi connectivity index (χ3n) is 3.20. The highest BCUT2D eigenvalue weighted by Crippen LogP contribution is 2.32. The van der Waals surface area contributed by atoms with Crippen molar-refractivity contribution >= 4 is 5.69 Å². The minimum absolute atomic E-state index is 0.0822. The van der Waals surface area contributed by atoms with Gasteiger partial charge in [-0.05, 0) is 44.8 Å². The standard InChI is InChI=1S/C14H22N2O2/c1-15(2)6-3-7-16-8-9-18-14-5-4-12(11-17)10-13(14)16/h4-5,10,17H,3,6-9,11H2,1-2H3. The van der Waals surface area contributed by atoms with Crippen LogP contribution in [0.15, 0.2) is 18.2 Å². The Kier molecular flexibility index (Phi) is 4.44. The molecule has 18 heavy (non-hydrogen) atoms. The summed E-state index contributed by atoms with van der Waals surface area (Å²) < 4.78 is 5.65. The van der Waals surface area contributed by atoms with Crippen LogP contribution in [0.25, 0.3) is 0 Å². The number of aliphatic hydroxyl groups excluding tert-OH is 1. The van der Waals surface area contributed by atoms with E-state index in [-0.39, 0.29) is 6.61 Å². The second-order valence-electron chi connectivity index (χ2n) is 4.95. The number of benzene rings is 1. The number of hydrogen-bond acceptors (Lipinski definition) is 4. The van der Waals surface area contributed by atoms with Crippen LogP contribution in [-0.2, 0) is 6.61 Å². The minimum Gasteiger partial charge on any atom is -0.490 e. The molecule has 1 aromatic rings. The number of anilines is 1. The summed E-state index contributed by atoms with van der Waals surface area (Å²) in [6.07, 6.45) is 1.13. The third kappa shape index (κ3) is 3.15. The Morgan fingerprint density at radius 2 is 2.22 bits per heavy atom. The van der Waals surface area contributed by atoms with Gasteiger partial charge in [0.05, 0.1) is 18.8 Å². The van der Waals surface area contributed by atoms with Crippen LogP contribution in [0.1, 0.15) is 12.0 Å². The number of nitrogens with zero attached hydrogens (tertiary/aromatic N) is 2. The molecule has 2 rings (SSSR count). The smallest absolute Gasteiger partial charge is 0.142 e. The van der Waals surface area contributed by atoms with Crippen LogP contribution in [0.5, 0.6) is 5.75 Å². The average molecular weight is 250 g/mol. The van der Waals surface area contributed by atoms with E-state index in [1.54, 1.807) is 0 Å². The Labute approximate surface area is 109 Å². The number of hydrogen-bond donors (Lipinski definition) is 1. The Morgan fingerprint density at radius 1 is 1.39 bits per heavy atom. The molecule has 1 aromatic carbocycles. The molecule has 1 aliphatic rings. The first-order valence-corrected chi connectivity index (χ1v) is 6.47. The van der Waals surface area contributed by atoms with Gasteiger partial charge in [-0.1, -0.05) is 6.07 Å². The van der Waals surface area contributed by atoms with Crippen molar-refractivity contribution in [3.63, 3.8) is 0 Å². The molecule has 0 bridgehead atoms. The van der Waals surface area contributed by atoms with Crippen molar-refractivity contribution in [3.05, 3.63) is 23.8 Å². The summed E-state index contributed by atoms with van der Waals surface area (Å²) >= 11 is 0. The van der Waals surface area contributed by atoms with Crippen molar-refractivity contribution in [1.29, 1.82) is 0 Å². The highest BCUT2D eigenvalue weighted by molar-refractivity contribution is 5.61. The predicted molar refractivity (Wildman–Crippen MR) is 73.2 cm³/mol. The number of fused-ring (bicyclic) bond motifs is 1. The molecule has 0 radical (unpaired) electrons. The summed E-state index contributed by atoms with van der Waals surface area (Å²) in [4.78, 5) is 4.55. The summed E-state index contributed by atoms with van der Waals surface area (Å²) in [5, 5.41) is 9.21. The van der Waals surface area contributed by atoms with E-state index in [9.17, 15) is 5.11 Å². The fourth-order valence-electron chi connectivity index (χ4n) is 2.23. The zero-order chi connectivity index (χ0) is 13.0. The first kappa shape index (κ1) is 13.2. The molecule has 1 aliphatic heterocycles. The van der Waals surface area contributed by atoms with E-state index in [0.717, 1.165) is 49.7 Å². The lowest BCUT2D eigenvalue weighted by atomic mass is 10.1. The SMILES string of the molecule is CN(C)CCCN1CCOc2ccc(CO)cc21. The highest BCUT2D eigenvalue weighted by Gasteiger charge is 2.17. The molecule has 0 spiro atoms. The predicted octanol–water partition coefficient (Wildman–Crippen LogP) is 1.33. The van der Waals surface area contributed by atoms with Gasteiger partial charge < -0.3 is 19.6 Å². The molecule has 4 heteroatoms. The minimum atomic E-state index is 0.0822. The van der Waals surface area contributed by atoms with E-state index >= 15 is 0 Å². The molecule has 4 nitrogen and oxygen atoms in total. The molecule has 0 fully saturated rings. The molecule has 0 aliphatic carbocycles. The van der Waals surface area contributed by atoms with E-state index in [1.165, 1.54) is 0 Å². The van der Waals surface area contributed by atoms with Crippen LogP contribution in [0, 0.1) is 0 Å². The normalized spacial score (nSPS) is 14.6. The molecule has 0 atom stereocenters. The Morgan fingerprint density at radius 3 is 2.94 bits per heavy atom. The maximum atomic E-state index is 9.21. The van der Waals surface area contributed by atoms with Crippen LogP contribution >= 0.6 is 0 Å². The lowest BCUT2D eigenvalue weighted by molar-refractivity contribution is 0.280. The topological polar surface area (TPSA) is 35.9 Å². The lowest BCUT2D eigenvalue weighted by Crippen LogP contribution is -2.34. The first-order valence-electron chi connectivity index (χ1n) is 6.47. The van der Waals surface area contributed by atoms with Gasteiger partial charge in [-0.2, -0.15) is 0 Å². The monoisotopic (exact) mass is 250 g/mol. The van der Waals surface area contributed by atoms with Gasteiger partial charge in [0.2, 0.25) is 0 Å².